The van der Waals surface area contributed by atoms with Crippen LogP contribution in [0, 0.1) is 5.92 Å². The maximum absolute atomic E-state index is 4.94. The van der Waals surface area contributed by atoms with E-state index in [1.807, 2.05) is 25.3 Å². The van der Waals surface area contributed by atoms with E-state index in [2.05, 4.69) is 5.32 Å². The van der Waals surface area contributed by atoms with Gasteiger partial charge >= 0.3 is 0 Å². The van der Waals surface area contributed by atoms with Crippen LogP contribution < -0.4 is 5.32 Å². The fourth-order valence-electron chi connectivity index (χ4n) is 0.670. The van der Waals surface area contributed by atoms with Crippen LogP contribution >= 0.6 is 0 Å². The van der Waals surface area contributed by atoms with Gasteiger partial charge in [-0.25, -0.2) is 0 Å². The third-order valence-corrected chi connectivity index (χ3v) is 1.15. The lowest BCUT2D eigenvalue weighted by Crippen LogP contribution is -2.11. The van der Waals surface area contributed by atoms with Crippen LogP contribution in [0.15, 0.2) is 24.2 Å². The van der Waals surface area contributed by atoms with Crippen molar-refractivity contribution in [3.05, 3.63) is 30.2 Å². The van der Waals surface area contributed by atoms with Crippen molar-refractivity contribution in [3.63, 3.8) is 0 Å². The standard InChI is InChI=1S/C7H10NO/c1-6-3-4-8-7(5-6)9-2/h3-5,8H,1-2H3. The monoisotopic (exact) mass is 124 g/mol. The smallest absolute Gasteiger partial charge is 0.187 e. The van der Waals surface area contributed by atoms with Gasteiger partial charge in [-0.2, -0.15) is 0 Å². The van der Waals surface area contributed by atoms with Crippen molar-refractivity contribution in [3.8, 4) is 0 Å². The molecule has 0 aromatic carbocycles. The molecule has 1 radical (unpaired) electrons. The second kappa shape index (κ2) is 2.58. The van der Waals surface area contributed by atoms with Crippen LogP contribution in [0.5, 0.6) is 0 Å². The molecule has 0 saturated heterocycles. The van der Waals surface area contributed by atoms with Crippen molar-refractivity contribution < 1.29 is 4.74 Å². The Morgan fingerprint density at radius 3 is 2.78 bits per heavy atom. The summed E-state index contributed by atoms with van der Waals surface area (Å²) < 4.78 is 4.94. The van der Waals surface area contributed by atoms with Crippen molar-refractivity contribution in [2.24, 2.45) is 0 Å². The molecule has 0 bridgehead atoms. The molecule has 0 aliphatic carbocycles. The molecule has 1 rings (SSSR count). The summed E-state index contributed by atoms with van der Waals surface area (Å²) in [6.07, 6.45) is 5.79. The van der Waals surface area contributed by atoms with E-state index in [9.17, 15) is 0 Å². The van der Waals surface area contributed by atoms with Gasteiger partial charge in [0.25, 0.3) is 0 Å². The number of hydrogen-bond acceptors (Lipinski definition) is 2. The fourth-order valence-corrected chi connectivity index (χ4v) is 0.670. The topological polar surface area (TPSA) is 21.3 Å². The quantitative estimate of drug-likeness (QED) is 0.566. The number of rotatable bonds is 1. The summed E-state index contributed by atoms with van der Waals surface area (Å²) in [7, 11) is 1.64. The maximum atomic E-state index is 4.94. The highest BCUT2D eigenvalue weighted by Crippen LogP contribution is 2.09. The van der Waals surface area contributed by atoms with E-state index >= 15 is 0 Å². The highest BCUT2D eigenvalue weighted by Gasteiger charge is 2.01. The van der Waals surface area contributed by atoms with E-state index in [0.717, 1.165) is 5.88 Å². The second-order valence-electron chi connectivity index (χ2n) is 1.93. The zero-order chi connectivity index (χ0) is 6.69. The van der Waals surface area contributed by atoms with Gasteiger partial charge in [-0.1, -0.05) is 13.0 Å². The first-order chi connectivity index (χ1) is 4.33. The van der Waals surface area contributed by atoms with E-state index in [0.29, 0.717) is 0 Å². The lowest BCUT2D eigenvalue weighted by Gasteiger charge is -2.11. The number of methoxy groups -OCH3 is 1. The molecule has 1 N–H and O–H groups in total. The molecule has 0 spiro atoms. The Morgan fingerprint density at radius 2 is 2.33 bits per heavy atom. The van der Waals surface area contributed by atoms with Crippen LogP contribution in [0.1, 0.15) is 6.92 Å². The normalized spacial score (nSPS) is 18.7. The highest BCUT2D eigenvalue weighted by molar-refractivity contribution is 5.26. The van der Waals surface area contributed by atoms with Crippen molar-refractivity contribution in [2.75, 3.05) is 7.11 Å². The van der Waals surface area contributed by atoms with E-state index in [-0.39, 0.29) is 0 Å². The number of nitrogens with one attached hydrogen (secondary N) is 1. The first kappa shape index (κ1) is 6.20. The molecule has 0 amide bonds. The third kappa shape index (κ3) is 1.49. The van der Waals surface area contributed by atoms with Crippen molar-refractivity contribution in [1.82, 2.24) is 5.32 Å². The third-order valence-electron chi connectivity index (χ3n) is 1.15. The van der Waals surface area contributed by atoms with Gasteiger partial charge in [-0.3, -0.25) is 0 Å². The molecular weight excluding hydrogens is 114 g/mol. The van der Waals surface area contributed by atoms with E-state index in [4.69, 9.17) is 4.74 Å². The first-order valence-electron chi connectivity index (χ1n) is 2.85. The molecule has 0 atom stereocenters. The summed E-state index contributed by atoms with van der Waals surface area (Å²) >= 11 is 0. The lowest BCUT2D eigenvalue weighted by atomic mass is 10.1. The molecule has 0 saturated carbocycles. The summed E-state index contributed by atoms with van der Waals surface area (Å²) in [5, 5.41) is 2.94. The van der Waals surface area contributed by atoms with Crippen LogP contribution in [-0.2, 0) is 4.74 Å². The molecule has 1 aliphatic rings. The van der Waals surface area contributed by atoms with Gasteiger partial charge in [0.15, 0.2) is 5.88 Å². The number of dihydropyridines is 1. The number of hydrogen-bond donors (Lipinski definition) is 1. The number of ether oxygens (including phenoxy) is 1. The summed E-state index contributed by atoms with van der Waals surface area (Å²) in [6.45, 7) is 2.02. The summed E-state index contributed by atoms with van der Waals surface area (Å²) in [5.74, 6) is 2.00. The minimum Gasteiger partial charge on any atom is -0.482 e. The van der Waals surface area contributed by atoms with Gasteiger partial charge in [0.1, 0.15) is 0 Å². The second-order valence-corrected chi connectivity index (χ2v) is 1.93. The molecule has 49 valence electrons. The van der Waals surface area contributed by atoms with Crippen LogP contribution in [0.2, 0.25) is 0 Å². The average molecular weight is 124 g/mol. The van der Waals surface area contributed by atoms with Crippen LogP contribution in [-0.4, -0.2) is 7.11 Å². The lowest BCUT2D eigenvalue weighted by molar-refractivity contribution is 0.270. The Labute approximate surface area is 55.2 Å². The van der Waals surface area contributed by atoms with Crippen molar-refractivity contribution >= 4 is 0 Å². The molecule has 0 unspecified atom stereocenters. The van der Waals surface area contributed by atoms with Crippen molar-refractivity contribution in [2.45, 2.75) is 6.92 Å². The minimum absolute atomic E-state index is 0.801. The molecular formula is C7H10NO. The Bertz CT molecular complexity index is 149. The van der Waals surface area contributed by atoms with Gasteiger partial charge in [-0.15, -0.1) is 0 Å². The Morgan fingerprint density at radius 1 is 1.56 bits per heavy atom. The molecule has 0 fully saturated rings. The van der Waals surface area contributed by atoms with Gasteiger partial charge in [-0.05, 0) is 6.08 Å². The van der Waals surface area contributed by atoms with E-state index < -0.39 is 0 Å². The average Bonchev–Trinajstić information content (AvgIpc) is 1.88. The minimum atomic E-state index is 0.801. The Balaban J connectivity index is 2.55. The van der Waals surface area contributed by atoms with Gasteiger partial charge < -0.3 is 10.1 Å². The maximum Gasteiger partial charge on any atom is 0.187 e. The fraction of sp³-hybridized carbons (Fsp3) is 0.286. The van der Waals surface area contributed by atoms with Gasteiger partial charge in [0.05, 0.1) is 7.11 Å². The molecule has 1 aliphatic heterocycles. The summed E-state index contributed by atoms with van der Waals surface area (Å²) in [4.78, 5) is 0. The summed E-state index contributed by atoms with van der Waals surface area (Å²) in [5.41, 5.74) is 0. The SMILES string of the molecule is COC1=C[C](C)C=CN1. The van der Waals surface area contributed by atoms with Crippen molar-refractivity contribution in [1.29, 1.82) is 0 Å². The number of allylic oxidation sites excluding steroid dienone is 2. The molecule has 2 nitrogen and oxygen atoms in total. The predicted octanol–water partition coefficient (Wildman–Crippen LogP) is 1.19. The van der Waals surface area contributed by atoms with E-state index in [1.165, 1.54) is 5.92 Å². The van der Waals surface area contributed by atoms with Crippen LogP contribution in [0.25, 0.3) is 0 Å². The molecule has 9 heavy (non-hydrogen) atoms. The Hall–Kier alpha value is -0.920. The van der Waals surface area contributed by atoms with Gasteiger partial charge in [0.2, 0.25) is 0 Å². The van der Waals surface area contributed by atoms with Crippen LogP contribution in [0.4, 0.5) is 0 Å². The molecule has 0 aromatic heterocycles. The van der Waals surface area contributed by atoms with Gasteiger partial charge in [0, 0.05) is 12.1 Å². The van der Waals surface area contributed by atoms with E-state index in [1.54, 1.807) is 7.11 Å². The molecule has 1 heterocycles. The molecule has 0 aromatic rings. The Kier molecular flexibility index (Phi) is 1.78. The van der Waals surface area contributed by atoms with Crippen LogP contribution in [0.3, 0.4) is 0 Å². The largest absolute Gasteiger partial charge is 0.482 e. The summed E-state index contributed by atoms with van der Waals surface area (Å²) in [6, 6.07) is 0. The molecule has 2 heteroatoms. The zero-order valence-corrected chi connectivity index (χ0v) is 5.64. The zero-order valence-electron chi connectivity index (χ0n) is 5.64. The first-order valence-corrected chi connectivity index (χ1v) is 2.85. The highest BCUT2D eigenvalue weighted by atomic mass is 16.5. The predicted molar refractivity (Wildman–Crippen MR) is 36.3 cm³/mol.